The van der Waals surface area contributed by atoms with E-state index in [0.717, 1.165) is 21.9 Å². The standard InChI is InChI=1S/C19H16ClN3O2S/c1-10-8-13(9-11(2)16(10)20)25-12(3)17-22-23-18(24)14-6-4-5-7-15(14)21-19(23)26-17/h4-9,12H,1-3H3/t12-/m0/s1. The summed E-state index contributed by atoms with van der Waals surface area (Å²) in [5.74, 6) is 0.724. The molecule has 0 saturated heterocycles. The molecule has 0 amide bonds. The highest BCUT2D eigenvalue weighted by Crippen LogP contribution is 2.30. The number of halogens is 1. The van der Waals surface area contributed by atoms with Crippen LogP contribution in [0.5, 0.6) is 5.75 Å². The van der Waals surface area contributed by atoms with E-state index in [2.05, 4.69) is 10.1 Å². The van der Waals surface area contributed by atoms with Crippen LogP contribution in [0.2, 0.25) is 5.02 Å². The van der Waals surface area contributed by atoms with Gasteiger partial charge in [0.25, 0.3) is 5.56 Å². The Hall–Kier alpha value is -2.44. The van der Waals surface area contributed by atoms with Crippen molar-refractivity contribution >= 4 is 38.8 Å². The Morgan fingerprint density at radius 2 is 1.88 bits per heavy atom. The van der Waals surface area contributed by atoms with Gasteiger partial charge in [0.15, 0.2) is 5.01 Å². The highest BCUT2D eigenvalue weighted by Gasteiger charge is 2.17. The molecule has 7 heteroatoms. The Morgan fingerprint density at radius 3 is 2.62 bits per heavy atom. The van der Waals surface area contributed by atoms with Crippen molar-refractivity contribution in [3.63, 3.8) is 0 Å². The molecule has 1 atom stereocenters. The molecule has 0 aliphatic carbocycles. The number of hydrogen-bond donors (Lipinski definition) is 0. The number of para-hydroxylation sites is 1. The van der Waals surface area contributed by atoms with Crippen LogP contribution in [0, 0.1) is 13.8 Å². The minimum atomic E-state index is -0.316. The third-order valence-electron chi connectivity index (χ3n) is 4.19. The van der Waals surface area contributed by atoms with Crippen LogP contribution in [0.15, 0.2) is 41.2 Å². The molecule has 132 valence electrons. The van der Waals surface area contributed by atoms with Crippen molar-refractivity contribution < 1.29 is 4.74 Å². The molecule has 2 aromatic carbocycles. The second-order valence-electron chi connectivity index (χ2n) is 6.20. The Labute approximate surface area is 158 Å². The first-order valence-corrected chi connectivity index (χ1v) is 9.35. The lowest BCUT2D eigenvalue weighted by Crippen LogP contribution is -2.15. The highest BCUT2D eigenvalue weighted by molar-refractivity contribution is 7.16. The molecule has 0 unspecified atom stereocenters. The number of aryl methyl sites for hydroxylation is 2. The van der Waals surface area contributed by atoms with E-state index in [1.807, 2.05) is 51.1 Å². The van der Waals surface area contributed by atoms with Crippen LogP contribution in [0.25, 0.3) is 15.9 Å². The predicted octanol–water partition coefficient (Wildman–Crippen LogP) is 4.71. The van der Waals surface area contributed by atoms with Gasteiger partial charge >= 0.3 is 0 Å². The molecule has 2 heterocycles. The van der Waals surface area contributed by atoms with Gasteiger partial charge in [-0.3, -0.25) is 4.79 Å². The van der Waals surface area contributed by atoms with E-state index >= 15 is 0 Å². The molecular formula is C19H16ClN3O2S. The van der Waals surface area contributed by atoms with Gasteiger partial charge in [-0.05, 0) is 56.2 Å². The largest absolute Gasteiger partial charge is 0.483 e. The zero-order chi connectivity index (χ0) is 18.4. The number of fused-ring (bicyclic) bond motifs is 2. The molecule has 4 aromatic rings. The molecule has 4 rings (SSSR count). The lowest BCUT2D eigenvalue weighted by Gasteiger charge is -2.14. The summed E-state index contributed by atoms with van der Waals surface area (Å²) in [6, 6.07) is 11.1. The summed E-state index contributed by atoms with van der Waals surface area (Å²) in [4.78, 5) is 17.7. The smallest absolute Gasteiger partial charge is 0.283 e. The summed E-state index contributed by atoms with van der Waals surface area (Å²) >= 11 is 7.57. The number of rotatable bonds is 3. The average Bonchev–Trinajstić information content (AvgIpc) is 3.04. The van der Waals surface area contributed by atoms with Crippen molar-refractivity contribution in [2.24, 2.45) is 0 Å². The summed E-state index contributed by atoms with van der Waals surface area (Å²) in [6.45, 7) is 5.79. The molecular weight excluding hydrogens is 370 g/mol. The Bertz CT molecular complexity index is 1180. The topological polar surface area (TPSA) is 56.5 Å². The van der Waals surface area contributed by atoms with Crippen molar-refractivity contribution in [1.82, 2.24) is 14.6 Å². The van der Waals surface area contributed by atoms with Gasteiger partial charge in [0, 0.05) is 5.02 Å². The molecule has 26 heavy (non-hydrogen) atoms. The molecule has 2 aromatic heterocycles. The Balaban J connectivity index is 1.73. The van der Waals surface area contributed by atoms with Gasteiger partial charge in [-0.25, -0.2) is 4.98 Å². The third-order valence-corrected chi connectivity index (χ3v) is 5.85. The Morgan fingerprint density at radius 1 is 1.19 bits per heavy atom. The fraction of sp³-hybridized carbons (Fsp3) is 0.211. The van der Waals surface area contributed by atoms with Crippen molar-refractivity contribution in [2.75, 3.05) is 0 Å². The van der Waals surface area contributed by atoms with E-state index in [4.69, 9.17) is 16.3 Å². The van der Waals surface area contributed by atoms with E-state index in [-0.39, 0.29) is 11.7 Å². The third kappa shape index (κ3) is 2.85. The molecule has 0 N–H and O–H groups in total. The second kappa shape index (κ2) is 6.37. The van der Waals surface area contributed by atoms with Gasteiger partial charge in [0.05, 0.1) is 10.9 Å². The lowest BCUT2D eigenvalue weighted by atomic mass is 10.1. The zero-order valence-electron chi connectivity index (χ0n) is 14.5. The maximum atomic E-state index is 12.6. The summed E-state index contributed by atoms with van der Waals surface area (Å²) in [7, 11) is 0. The quantitative estimate of drug-likeness (QED) is 0.512. The minimum absolute atomic E-state index is 0.168. The number of aromatic nitrogens is 3. The highest BCUT2D eigenvalue weighted by atomic mass is 35.5. The van der Waals surface area contributed by atoms with E-state index in [1.54, 1.807) is 6.07 Å². The molecule has 0 saturated carbocycles. The van der Waals surface area contributed by atoms with E-state index in [1.165, 1.54) is 15.9 Å². The molecule has 0 aliphatic rings. The monoisotopic (exact) mass is 385 g/mol. The van der Waals surface area contributed by atoms with Gasteiger partial charge in [0.1, 0.15) is 11.9 Å². The van der Waals surface area contributed by atoms with Crippen LogP contribution in [0.4, 0.5) is 0 Å². The van der Waals surface area contributed by atoms with E-state index < -0.39 is 0 Å². The Kier molecular flexibility index (Phi) is 4.17. The van der Waals surface area contributed by atoms with Crippen LogP contribution in [0.1, 0.15) is 29.2 Å². The fourth-order valence-electron chi connectivity index (χ4n) is 2.86. The fourth-order valence-corrected chi connectivity index (χ4v) is 3.85. The minimum Gasteiger partial charge on any atom is -0.483 e. The molecule has 0 radical (unpaired) electrons. The van der Waals surface area contributed by atoms with Gasteiger partial charge < -0.3 is 4.74 Å². The summed E-state index contributed by atoms with van der Waals surface area (Å²) in [6.07, 6.45) is -0.316. The van der Waals surface area contributed by atoms with Crippen LogP contribution in [-0.4, -0.2) is 14.6 Å². The number of benzene rings is 2. The maximum absolute atomic E-state index is 12.6. The van der Waals surface area contributed by atoms with Gasteiger partial charge in [-0.2, -0.15) is 9.61 Å². The van der Waals surface area contributed by atoms with Crippen LogP contribution >= 0.6 is 22.9 Å². The molecule has 0 aliphatic heterocycles. The summed E-state index contributed by atoms with van der Waals surface area (Å²) in [5.41, 5.74) is 2.42. The first-order valence-electron chi connectivity index (χ1n) is 8.16. The lowest BCUT2D eigenvalue weighted by molar-refractivity contribution is 0.224. The van der Waals surface area contributed by atoms with Crippen molar-refractivity contribution in [3.05, 3.63) is 67.9 Å². The average molecular weight is 386 g/mol. The zero-order valence-corrected chi connectivity index (χ0v) is 16.1. The van der Waals surface area contributed by atoms with Gasteiger partial charge in [-0.1, -0.05) is 35.1 Å². The second-order valence-corrected chi connectivity index (χ2v) is 7.57. The van der Waals surface area contributed by atoms with E-state index in [0.29, 0.717) is 20.9 Å². The summed E-state index contributed by atoms with van der Waals surface area (Å²) < 4.78 is 7.38. The normalized spacial score (nSPS) is 12.6. The number of ether oxygens (including phenoxy) is 1. The van der Waals surface area contributed by atoms with Gasteiger partial charge in [0.2, 0.25) is 4.96 Å². The summed E-state index contributed by atoms with van der Waals surface area (Å²) in [5, 5.41) is 6.42. The molecule has 0 bridgehead atoms. The van der Waals surface area contributed by atoms with Gasteiger partial charge in [-0.15, -0.1) is 0 Å². The van der Waals surface area contributed by atoms with Crippen LogP contribution < -0.4 is 10.3 Å². The van der Waals surface area contributed by atoms with Crippen molar-refractivity contribution in [3.8, 4) is 5.75 Å². The first-order chi connectivity index (χ1) is 12.4. The number of hydrogen-bond acceptors (Lipinski definition) is 5. The molecule has 0 fully saturated rings. The molecule has 5 nitrogen and oxygen atoms in total. The SMILES string of the molecule is Cc1cc(O[C@@H](C)c2nn3c(=O)c4ccccc4nc3s2)cc(C)c1Cl. The molecule has 0 spiro atoms. The first kappa shape index (κ1) is 17.0. The van der Waals surface area contributed by atoms with Crippen LogP contribution in [0.3, 0.4) is 0 Å². The van der Waals surface area contributed by atoms with E-state index in [9.17, 15) is 4.79 Å². The number of nitrogens with zero attached hydrogens (tertiary/aromatic N) is 3. The van der Waals surface area contributed by atoms with Crippen LogP contribution in [-0.2, 0) is 0 Å². The maximum Gasteiger partial charge on any atom is 0.283 e. The van der Waals surface area contributed by atoms with Crippen molar-refractivity contribution in [1.29, 1.82) is 0 Å². The predicted molar refractivity (Wildman–Crippen MR) is 105 cm³/mol. The van der Waals surface area contributed by atoms with Crippen molar-refractivity contribution in [2.45, 2.75) is 26.9 Å².